The van der Waals surface area contributed by atoms with Crippen molar-refractivity contribution in [1.82, 2.24) is 15.4 Å². The summed E-state index contributed by atoms with van der Waals surface area (Å²) in [6, 6.07) is 16.3. The Kier molecular flexibility index (Phi) is 9.19. The van der Waals surface area contributed by atoms with Gasteiger partial charge in [0, 0.05) is 36.1 Å². The summed E-state index contributed by atoms with van der Waals surface area (Å²) in [5.41, 5.74) is 4.05. The first-order valence-corrected chi connectivity index (χ1v) is 12.2. The second-order valence-electron chi connectivity index (χ2n) is 9.63. The van der Waals surface area contributed by atoms with Crippen molar-refractivity contribution in [2.75, 3.05) is 0 Å². The van der Waals surface area contributed by atoms with Gasteiger partial charge in [0.25, 0.3) is 0 Å². The first-order chi connectivity index (χ1) is 17.3. The van der Waals surface area contributed by atoms with Crippen molar-refractivity contribution in [2.24, 2.45) is 24.8 Å². The lowest BCUT2D eigenvalue weighted by Gasteiger charge is -2.28. The van der Waals surface area contributed by atoms with Crippen LogP contribution in [0, 0.1) is 17.8 Å². The number of benzene rings is 2. The van der Waals surface area contributed by atoms with E-state index in [0.717, 1.165) is 16.5 Å². The standard InChI is InChI=1S/C29H35N3O4/c1-5-11-22(29(35)31-36)23(16-19(2)3)28(34)30-25(17-20-12-7-6-8-13-20)27(33)24-18-32(4)26-15-10-9-14-21(24)26/h5-10,12-15,18-19,22-23,25,36H,1,11,16-17H2,2-4H3,(H,30,34)(H,31,35)/t22-,23+,25?/m0/s1. The first kappa shape index (κ1) is 26.9. The number of aromatic nitrogens is 1. The van der Waals surface area contributed by atoms with Gasteiger partial charge in [0.05, 0.1) is 17.9 Å². The molecule has 0 fully saturated rings. The van der Waals surface area contributed by atoms with Gasteiger partial charge in [-0.3, -0.25) is 19.6 Å². The molecule has 7 nitrogen and oxygen atoms in total. The monoisotopic (exact) mass is 489 g/mol. The van der Waals surface area contributed by atoms with E-state index < -0.39 is 29.7 Å². The Morgan fingerprint density at radius 1 is 1.00 bits per heavy atom. The Morgan fingerprint density at radius 2 is 1.67 bits per heavy atom. The minimum Gasteiger partial charge on any atom is -0.350 e. The molecule has 2 aromatic carbocycles. The Hall–Kier alpha value is -3.71. The smallest absolute Gasteiger partial charge is 0.247 e. The van der Waals surface area contributed by atoms with E-state index in [1.807, 2.05) is 80.1 Å². The molecule has 0 aliphatic carbocycles. The van der Waals surface area contributed by atoms with Crippen LogP contribution < -0.4 is 10.8 Å². The lowest BCUT2D eigenvalue weighted by Crippen LogP contribution is -2.48. The summed E-state index contributed by atoms with van der Waals surface area (Å²) in [5.74, 6) is -2.67. The maximum atomic E-state index is 13.9. The van der Waals surface area contributed by atoms with Crippen LogP contribution in [0.25, 0.3) is 10.9 Å². The molecule has 36 heavy (non-hydrogen) atoms. The molecule has 1 unspecified atom stereocenters. The molecule has 3 rings (SSSR count). The number of carbonyl (C=O) groups excluding carboxylic acids is 3. The fourth-order valence-corrected chi connectivity index (χ4v) is 4.74. The SMILES string of the molecule is C=CC[C@H](C(=O)NO)[C@@H](CC(C)C)C(=O)NC(Cc1ccccc1)C(=O)c1cn(C)c2ccccc12. The highest BCUT2D eigenvalue weighted by atomic mass is 16.5. The van der Waals surface area contributed by atoms with Gasteiger partial charge in [-0.25, -0.2) is 5.48 Å². The molecule has 0 radical (unpaired) electrons. The second-order valence-corrected chi connectivity index (χ2v) is 9.63. The van der Waals surface area contributed by atoms with E-state index in [4.69, 9.17) is 0 Å². The van der Waals surface area contributed by atoms with Crippen LogP contribution in [0.15, 0.2) is 73.4 Å². The topological polar surface area (TPSA) is 100 Å². The number of aryl methyl sites for hydroxylation is 1. The zero-order valence-electron chi connectivity index (χ0n) is 21.1. The summed E-state index contributed by atoms with van der Waals surface area (Å²) in [5, 5.41) is 13.1. The molecule has 0 aliphatic heterocycles. The lowest BCUT2D eigenvalue weighted by molar-refractivity contribution is -0.140. The average molecular weight is 490 g/mol. The summed E-state index contributed by atoms with van der Waals surface area (Å²) in [6.07, 6.45) is 4.29. The third kappa shape index (κ3) is 6.29. The third-order valence-corrected chi connectivity index (χ3v) is 6.49. The lowest BCUT2D eigenvalue weighted by atomic mass is 9.81. The molecule has 1 aromatic heterocycles. The van der Waals surface area contributed by atoms with Gasteiger partial charge in [0.15, 0.2) is 5.78 Å². The van der Waals surface area contributed by atoms with Gasteiger partial charge in [-0.1, -0.05) is 68.5 Å². The first-order valence-electron chi connectivity index (χ1n) is 12.2. The molecular formula is C29H35N3O4. The Balaban J connectivity index is 1.98. The van der Waals surface area contributed by atoms with Gasteiger partial charge >= 0.3 is 0 Å². The molecular weight excluding hydrogens is 454 g/mol. The number of Topliss-reactive ketones (excluding diaryl/α,β-unsaturated/α-hetero) is 1. The maximum Gasteiger partial charge on any atom is 0.247 e. The highest BCUT2D eigenvalue weighted by Crippen LogP contribution is 2.26. The number of rotatable bonds is 12. The van der Waals surface area contributed by atoms with Gasteiger partial charge in [-0.2, -0.15) is 0 Å². The molecule has 0 saturated carbocycles. The molecule has 3 aromatic rings. The Morgan fingerprint density at radius 3 is 2.31 bits per heavy atom. The quantitative estimate of drug-likeness (QED) is 0.151. The number of nitrogens with zero attached hydrogens (tertiary/aromatic N) is 1. The van der Waals surface area contributed by atoms with Crippen molar-refractivity contribution >= 4 is 28.5 Å². The van der Waals surface area contributed by atoms with Crippen LogP contribution in [0.3, 0.4) is 0 Å². The van der Waals surface area contributed by atoms with E-state index in [1.54, 1.807) is 17.8 Å². The maximum absolute atomic E-state index is 13.9. The summed E-state index contributed by atoms with van der Waals surface area (Å²) in [6.45, 7) is 7.63. The molecule has 0 bridgehead atoms. The van der Waals surface area contributed by atoms with Gasteiger partial charge in [-0.05, 0) is 30.4 Å². The van der Waals surface area contributed by atoms with Crippen LogP contribution >= 0.6 is 0 Å². The highest BCUT2D eigenvalue weighted by molar-refractivity contribution is 6.11. The van der Waals surface area contributed by atoms with Crippen molar-refractivity contribution in [3.63, 3.8) is 0 Å². The molecule has 0 aliphatic rings. The molecule has 190 valence electrons. The average Bonchev–Trinajstić information content (AvgIpc) is 3.21. The number of amides is 2. The number of hydroxylamine groups is 1. The van der Waals surface area contributed by atoms with Crippen LogP contribution in [0.2, 0.25) is 0 Å². The number of fused-ring (bicyclic) bond motifs is 1. The fourth-order valence-electron chi connectivity index (χ4n) is 4.74. The van der Waals surface area contributed by atoms with Crippen LogP contribution in [-0.2, 0) is 23.1 Å². The zero-order valence-corrected chi connectivity index (χ0v) is 21.1. The number of allylic oxidation sites excluding steroid dienone is 1. The molecule has 7 heteroatoms. The van der Waals surface area contributed by atoms with E-state index in [2.05, 4.69) is 11.9 Å². The van der Waals surface area contributed by atoms with E-state index in [9.17, 15) is 19.6 Å². The van der Waals surface area contributed by atoms with Crippen molar-refractivity contribution in [3.05, 3.63) is 84.6 Å². The van der Waals surface area contributed by atoms with Crippen molar-refractivity contribution in [3.8, 4) is 0 Å². The summed E-state index contributed by atoms with van der Waals surface area (Å²) >= 11 is 0. The second kappa shape index (κ2) is 12.3. The van der Waals surface area contributed by atoms with Crippen LogP contribution in [-0.4, -0.2) is 33.4 Å². The Bertz CT molecular complexity index is 1220. The van der Waals surface area contributed by atoms with Crippen molar-refractivity contribution in [2.45, 2.75) is 39.2 Å². The van der Waals surface area contributed by atoms with E-state index in [-0.39, 0.29) is 18.1 Å². The molecule has 1 heterocycles. The van der Waals surface area contributed by atoms with Gasteiger partial charge < -0.3 is 9.88 Å². The largest absolute Gasteiger partial charge is 0.350 e. The summed E-state index contributed by atoms with van der Waals surface area (Å²) < 4.78 is 1.90. The molecule has 2 amide bonds. The van der Waals surface area contributed by atoms with Gasteiger partial charge in [-0.15, -0.1) is 6.58 Å². The van der Waals surface area contributed by atoms with E-state index in [0.29, 0.717) is 18.4 Å². The van der Waals surface area contributed by atoms with Crippen LogP contribution in [0.5, 0.6) is 0 Å². The molecule has 0 saturated heterocycles. The van der Waals surface area contributed by atoms with Gasteiger partial charge in [0.1, 0.15) is 0 Å². The normalized spacial score (nSPS) is 13.7. The number of hydrogen-bond donors (Lipinski definition) is 3. The predicted molar refractivity (Wildman–Crippen MR) is 141 cm³/mol. The summed E-state index contributed by atoms with van der Waals surface area (Å²) in [4.78, 5) is 40.0. The predicted octanol–water partition coefficient (Wildman–Crippen LogP) is 4.45. The third-order valence-electron chi connectivity index (χ3n) is 6.49. The van der Waals surface area contributed by atoms with Gasteiger partial charge in [0.2, 0.25) is 11.8 Å². The number of ketones is 1. The number of carbonyl (C=O) groups is 3. The Labute approximate surface area is 212 Å². The number of nitrogens with one attached hydrogen (secondary N) is 2. The molecule has 3 N–H and O–H groups in total. The minimum absolute atomic E-state index is 0.112. The molecule has 3 atom stereocenters. The highest BCUT2D eigenvalue weighted by Gasteiger charge is 2.35. The van der Waals surface area contributed by atoms with Crippen LogP contribution in [0.1, 0.15) is 42.6 Å². The van der Waals surface area contributed by atoms with E-state index in [1.165, 1.54) is 0 Å². The number of hydrogen-bond acceptors (Lipinski definition) is 4. The van der Waals surface area contributed by atoms with Crippen LogP contribution in [0.4, 0.5) is 0 Å². The minimum atomic E-state index is -0.832. The van der Waals surface area contributed by atoms with E-state index >= 15 is 0 Å². The fraction of sp³-hybridized carbons (Fsp3) is 0.345. The van der Waals surface area contributed by atoms with Crippen molar-refractivity contribution < 1.29 is 19.6 Å². The zero-order chi connectivity index (χ0) is 26.2. The number of para-hydroxylation sites is 1. The van der Waals surface area contributed by atoms with Crippen molar-refractivity contribution in [1.29, 1.82) is 0 Å². The summed E-state index contributed by atoms with van der Waals surface area (Å²) in [7, 11) is 1.88. The molecule has 0 spiro atoms.